The predicted octanol–water partition coefficient (Wildman–Crippen LogP) is 2.95. The Morgan fingerprint density at radius 2 is 2.14 bits per heavy atom. The van der Waals surface area contributed by atoms with Gasteiger partial charge in [0.05, 0.1) is 4.88 Å². The van der Waals surface area contributed by atoms with Crippen molar-refractivity contribution in [1.29, 1.82) is 0 Å². The summed E-state index contributed by atoms with van der Waals surface area (Å²) in [6, 6.07) is 1.15. The molecular weight excluding hydrogens is 306 g/mol. The minimum atomic E-state index is -0.962. The van der Waals surface area contributed by atoms with Crippen LogP contribution in [-0.4, -0.2) is 35.0 Å². The molecular formula is C15H21NO3S2. The lowest BCUT2D eigenvalue weighted by Crippen LogP contribution is -2.40. The standard InChI is InChI=1S/C15H21NO3S2/c1-20-8-7-11(15(18)19)16-14(17)13-9-10-5-3-2-4-6-12(10)21-13/h9,11H,2-8H2,1H3,(H,16,17)(H,18,19)/t11-/m1/s1. The van der Waals surface area contributed by atoms with Crippen molar-refractivity contribution >= 4 is 35.0 Å². The topological polar surface area (TPSA) is 66.4 Å². The van der Waals surface area contributed by atoms with Crippen molar-refractivity contribution in [3.63, 3.8) is 0 Å². The molecule has 1 heterocycles. The van der Waals surface area contributed by atoms with E-state index < -0.39 is 12.0 Å². The first-order valence-corrected chi connectivity index (χ1v) is 9.47. The number of hydrogen-bond acceptors (Lipinski definition) is 4. The van der Waals surface area contributed by atoms with Crippen molar-refractivity contribution in [3.05, 3.63) is 21.4 Å². The number of aliphatic carboxylic acids is 1. The number of rotatable bonds is 6. The van der Waals surface area contributed by atoms with Crippen molar-refractivity contribution in [1.82, 2.24) is 5.32 Å². The van der Waals surface area contributed by atoms with Gasteiger partial charge in [-0.15, -0.1) is 11.3 Å². The van der Waals surface area contributed by atoms with Crippen LogP contribution in [0.2, 0.25) is 0 Å². The first kappa shape index (κ1) is 16.4. The Hall–Kier alpha value is -1.01. The average Bonchev–Trinajstić information content (AvgIpc) is 2.74. The number of thiophene rings is 1. The smallest absolute Gasteiger partial charge is 0.326 e. The molecule has 1 aromatic rings. The molecule has 1 aliphatic rings. The normalized spacial score (nSPS) is 15.9. The van der Waals surface area contributed by atoms with Crippen LogP contribution in [0.5, 0.6) is 0 Å². The summed E-state index contributed by atoms with van der Waals surface area (Å²) in [6.07, 6.45) is 8.06. The van der Waals surface area contributed by atoms with Gasteiger partial charge in [-0.25, -0.2) is 4.79 Å². The summed E-state index contributed by atoms with van der Waals surface area (Å²) in [4.78, 5) is 25.4. The molecule has 116 valence electrons. The number of nitrogens with one attached hydrogen (secondary N) is 1. The van der Waals surface area contributed by atoms with Crippen LogP contribution >= 0.6 is 23.1 Å². The molecule has 0 spiro atoms. The number of thioether (sulfide) groups is 1. The molecule has 0 radical (unpaired) electrons. The number of carbonyl (C=O) groups excluding carboxylic acids is 1. The minimum Gasteiger partial charge on any atom is -0.480 e. The van der Waals surface area contributed by atoms with Crippen molar-refractivity contribution in [2.75, 3.05) is 12.0 Å². The van der Waals surface area contributed by atoms with Gasteiger partial charge in [-0.3, -0.25) is 4.79 Å². The molecule has 1 aliphatic carbocycles. The molecule has 2 rings (SSSR count). The Morgan fingerprint density at radius 1 is 1.38 bits per heavy atom. The van der Waals surface area contributed by atoms with Gasteiger partial charge in [-0.1, -0.05) is 6.42 Å². The molecule has 0 fully saturated rings. The zero-order chi connectivity index (χ0) is 15.2. The maximum absolute atomic E-state index is 12.3. The third kappa shape index (κ3) is 4.48. The van der Waals surface area contributed by atoms with Crippen molar-refractivity contribution < 1.29 is 14.7 Å². The third-order valence-electron chi connectivity index (χ3n) is 3.68. The summed E-state index contributed by atoms with van der Waals surface area (Å²) in [6.45, 7) is 0. The van der Waals surface area contributed by atoms with Gasteiger partial charge in [0, 0.05) is 4.88 Å². The molecule has 1 aromatic heterocycles. The average molecular weight is 327 g/mol. The maximum Gasteiger partial charge on any atom is 0.326 e. The van der Waals surface area contributed by atoms with Gasteiger partial charge in [0.2, 0.25) is 0 Å². The number of carboxylic acid groups (broad SMARTS) is 1. The highest BCUT2D eigenvalue weighted by Gasteiger charge is 2.22. The molecule has 4 nitrogen and oxygen atoms in total. The molecule has 0 saturated carbocycles. The lowest BCUT2D eigenvalue weighted by Gasteiger charge is -2.13. The molecule has 0 unspecified atom stereocenters. The SMILES string of the molecule is CSCC[C@@H](NC(=O)c1cc2c(s1)CCCCC2)C(=O)O. The largest absolute Gasteiger partial charge is 0.480 e. The molecule has 2 N–H and O–H groups in total. The number of fused-ring (bicyclic) bond motifs is 1. The Morgan fingerprint density at radius 3 is 2.86 bits per heavy atom. The fourth-order valence-electron chi connectivity index (χ4n) is 2.50. The summed E-state index contributed by atoms with van der Waals surface area (Å²) in [5.74, 6) is -0.491. The second-order valence-electron chi connectivity index (χ2n) is 5.27. The number of aryl methyl sites for hydroxylation is 2. The van der Waals surface area contributed by atoms with Crippen molar-refractivity contribution in [2.45, 2.75) is 44.6 Å². The van der Waals surface area contributed by atoms with Crippen LogP contribution in [0.3, 0.4) is 0 Å². The monoisotopic (exact) mass is 327 g/mol. The first-order valence-electron chi connectivity index (χ1n) is 7.26. The Kier molecular flexibility index (Phi) is 6.11. The second-order valence-corrected chi connectivity index (χ2v) is 7.39. The lowest BCUT2D eigenvalue weighted by atomic mass is 10.1. The molecule has 0 bridgehead atoms. The fraction of sp³-hybridized carbons (Fsp3) is 0.600. The van der Waals surface area contributed by atoms with Crippen LogP contribution in [0, 0.1) is 0 Å². The lowest BCUT2D eigenvalue weighted by molar-refractivity contribution is -0.139. The number of carboxylic acids is 1. The highest BCUT2D eigenvalue weighted by atomic mass is 32.2. The Bertz CT molecular complexity index is 490. The van der Waals surface area contributed by atoms with Crippen molar-refractivity contribution in [3.8, 4) is 0 Å². The maximum atomic E-state index is 12.3. The number of amides is 1. The van der Waals surface area contributed by atoms with Crippen molar-refractivity contribution in [2.24, 2.45) is 0 Å². The van der Waals surface area contributed by atoms with E-state index in [1.54, 1.807) is 11.8 Å². The van der Waals surface area contributed by atoms with Gasteiger partial charge in [0.15, 0.2) is 0 Å². The van der Waals surface area contributed by atoms with Crippen LogP contribution < -0.4 is 5.32 Å². The molecule has 1 atom stereocenters. The van der Waals surface area contributed by atoms with Gasteiger partial charge >= 0.3 is 5.97 Å². The van der Waals surface area contributed by atoms with Gasteiger partial charge in [0.25, 0.3) is 5.91 Å². The molecule has 0 aromatic carbocycles. The highest BCUT2D eigenvalue weighted by Crippen LogP contribution is 2.29. The summed E-state index contributed by atoms with van der Waals surface area (Å²) in [5, 5.41) is 11.8. The summed E-state index contributed by atoms with van der Waals surface area (Å²) < 4.78 is 0. The molecule has 1 amide bonds. The summed E-state index contributed by atoms with van der Waals surface area (Å²) in [5.41, 5.74) is 1.28. The van der Waals surface area contributed by atoms with E-state index in [4.69, 9.17) is 0 Å². The molecule has 0 aliphatic heterocycles. The molecule has 0 saturated heterocycles. The zero-order valence-corrected chi connectivity index (χ0v) is 13.8. The van der Waals surface area contributed by atoms with E-state index in [9.17, 15) is 14.7 Å². The Labute approximate surface area is 133 Å². The quantitative estimate of drug-likeness (QED) is 0.788. The summed E-state index contributed by atoms with van der Waals surface area (Å²) >= 11 is 3.11. The van der Waals surface area contributed by atoms with E-state index in [0.29, 0.717) is 11.3 Å². The molecule has 6 heteroatoms. The van der Waals surface area contributed by atoms with Crippen LogP contribution in [0.1, 0.15) is 45.8 Å². The first-order chi connectivity index (χ1) is 10.1. The van der Waals surface area contributed by atoms with Crippen LogP contribution in [0.15, 0.2) is 6.07 Å². The Balaban J connectivity index is 2.03. The van der Waals surface area contributed by atoms with Crippen LogP contribution in [-0.2, 0) is 17.6 Å². The van der Waals surface area contributed by atoms with Crippen LogP contribution in [0.4, 0.5) is 0 Å². The number of carbonyl (C=O) groups is 2. The number of hydrogen-bond donors (Lipinski definition) is 2. The predicted molar refractivity (Wildman–Crippen MR) is 87.5 cm³/mol. The van der Waals surface area contributed by atoms with E-state index in [1.165, 1.54) is 41.0 Å². The highest BCUT2D eigenvalue weighted by molar-refractivity contribution is 7.98. The second kappa shape index (κ2) is 7.84. The van der Waals surface area contributed by atoms with Gasteiger partial charge in [-0.2, -0.15) is 11.8 Å². The van der Waals surface area contributed by atoms with Crippen LogP contribution in [0.25, 0.3) is 0 Å². The van der Waals surface area contributed by atoms with E-state index in [0.717, 1.165) is 18.6 Å². The third-order valence-corrected chi connectivity index (χ3v) is 5.56. The summed E-state index contributed by atoms with van der Waals surface area (Å²) in [7, 11) is 0. The van der Waals surface area contributed by atoms with Gasteiger partial charge in [0.1, 0.15) is 6.04 Å². The fourth-order valence-corrected chi connectivity index (χ4v) is 4.13. The van der Waals surface area contributed by atoms with Gasteiger partial charge in [-0.05, 0) is 55.7 Å². The zero-order valence-electron chi connectivity index (χ0n) is 12.2. The van der Waals surface area contributed by atoms with E-state index >= 15 is 0 Å². The van der Waals surface area contributed by atoms with E-state index in [2.05, 4.69) is 5.32 Å². The minimum absolute atomic E-state index is 0.249. The molecule has 21 heavy (non-hydrogen) atoms. The van der Waals surface area contributed by atoms with Gasteiger partial charge < -0.3 is 10.4 Å². The van der Waals surface area contributed by atoms with E-state index in [-0.39, 0.29) is 5.91 Å². The van der Waals surface area contributed by atoms with E-state index in [1.807, 2.05) is 12.3 Å².